The molecule has 1 saturated heterocycles. The van der Waals surface area contributed by atoms with Gasteiger partial charge in [0.15, 0.2) is 9.84 Å². The molecule has 0 radical (unpaired) electrons. The predicted octanol–water partition coefficient (Wildman–Crippen LogP) is 6.71. The summed E-state index contributed by atoms with van der Waals surface area (Å²) in [7, 11) is -3.66. The Balaban J connectivity index is 1.17. The number of benzene rings is 5. The topological polar surface area (TPSA) is 163 Å². The summed E-state index contributed by atoms with van der Waals surface area (Å²) in [4.78, 5) is 37.0. The number of nitrogens with one attached hydrogen (secondary N) is 2. The van der Waals surface area contributed by atoms with E-state index in [1.165, 1.54) is 0 Å². The van der Waals surface area contributed by atoms with Crippen LogP contribution in [0.5, 0.6) is 0 Å². The second-order valence-electron chi connectivity index (χ2n) is 18.9. The number of aliphatic hydroxyl groups excluding tert-OH is 2. The molecule has 1 aliphatic heterocycles. The number of sulfone groups is 1. The third-order valence-corrected chi connectivity index (χ3v) is 16.0. The normalized spacial score (nSPS) is 17.4. The average molecular weight is 954 g/mol. The number of amides is 2. The molecular formula is C56H67N5O7S. The maximum absolute atomic E-state index is 15.1. The number of fused-ring (bicyclic) bond motifs is 1. The number of hydrogen-bond acceptors (Lipinski definition) is 9. The molecule has 69 heavy (non-hydrogen) atoms. The van der Waals surface area contributed by atoms with Crippen molar-refractivity contribution >= 4 is 32.4 Å². The van der Waals surface area contributed by atoms with Crippen molar-refractivity contribution in [1.82, 2.24) is 25.1 Å². The van der Waals surface area contributed by atoms with E-state index >= 15 is 4.79 Å². The van der Waals surface area contributed by atoms with E-state index in [1.54, 1.807) is 13.3 Å². The van der Waals surface area contributed by atoms with Crippen molar-refractivity contribution in [2.45, 2.75) is 88.1 Å². The third kappa shape index (κ3) is 12.2. The molecule has 364 valence electrons. The number of nitrogens with zero attached hydrogens (tertiary/aromatic N) is 3. The van der Waals surface area contributed by atoms with E-state index < -0.39 is 63.2 Å². The van der Waals surface area contributed by atoms with Crippen molar-refractivity contribution < 1.29 is 33.0 Å². The molecule has 2 aliphatic rings. The molecular weight excluding hydrogens is 887 g/mol. The van der Waals surface area contributed by atoms with Gasteiger partial charge in [-0.1, -0.05) is 172 Å². The van der Waals surface area contributed by atoms with Crippen LogP contribution in [-0.4, -0.2) is 114 Å². The number of aliphatic hydroxyl groups is 2. The first kappa shape index (κ1) is 49.7. The number of imidazole rings is 1. The number of β-amino-alcohol motifs (C(OH)–C–C–N with tert-alkyl or cyclic N) is 1. The minimum atomic E-state index is -3.66. The van der Waals surface area contributed by atoms with Gasteiger partial charge >= 0.3 is 0 Å². The van der Waals surface area contributed by atoms with Crippen molar-refractivity contribution in [2.75, 3.05) is 44.4 Å². The summed E-state index contributed by atoms with van der Waals surface area (Å²) in [6, 6.07) is 42.0. The van der Waals surface area contributed by atoms with Crippen molar-refractivity contribution in [1.29, 1.82) is 0 Å². The number of ether oxygens (including phenoxy) is 1. The van der Waals surface area contributed by atoms with Gasteiger partial charge < -0.3 is 30.2 Å². The fourth-order valence-electron chi connectivity index (χ4n) is 10.5. The van der Waals surface area contributed by atoms with Crippen LogP contribution in [0.15, 0.2) is 146 Å². The van der Waals surface area contributed by atoms with Gasteiger partial charge in [0.2, 0.25) is 11.8 Å². The molecule has 1 aliphatic carbocycles. The van der Waals surface area contributed by atoms with Gasteiger partial charge in [0.1, 0.15) is 17.7 Å². The van der Waals surface area contributed by atoms with Crippen LogP contribution in [0.4, 0.5) is 0 Å². The number of carbonyl (C=O) groups excluding carboxylic acids is 2. The summed E-state index contributed by atoms with van der Waals surface area (Å²) in [5.74, 6) is -2.50. The highest BCUT2D eigenvalue weighted by atomic mass is 32.2. The Morgan fingerprint density at radius 1 is 0.754 bits per heavy atom. The molecule has 1 saturated carbocycles. The number of morpholine rings is 1. The van der Waals surface area contributed by atoms with Crippen LogP contribution in [0.3, 0.4) is 0 Å². The van der Waals surface area contributed by atoms with Crippen molar-refractivity contribution in [2.24, 2.45) is 11.8 Å². The lowest BCUT2D eigenvalue weighted by Gasteiger charge is -2.37. The molecule has 2 amide bonds. The van der Waals surface area contributed by atoms with Crippen LogP contribution in [0.1, 0.15) is 73.4 Å². The summed E-state index contributed by atoms with van der Waals surface area (Å²) in [5, 5.41) is 31.6. The summed E-state index contributed by atoms with van der Waals surface area (Å²) < 4.78 is 34.4. The Morgan fingerprint density at radius 3 is 1.97 bits per heavy atom. The molecule has 13 heteroatoms. The van der Waals surface area contributed by atoms with E-state index in [0.717, 1.165) is 65.1 Å². The molecule has 4 N–H and O–H groups in total. The van der Waals surface area contributed by atoms with Crippen LogP contribution in [0.25, 0.3) is 10.8 Å². The van der Waals surface area contributed by atoms with Crippen molar-refractivity contribution in [3.8, 4) is 0 Å². The summed E-state index contributed by atoms with van der Waals surface area (Å²) in [5.41, 5.74) is 3.39. The fraction of sp³-hybridized carbons (Fsp3) is 0.411. The maximum atomic E-state index is 15.1. The summed E-state index contributed by atoms with van der Waals surface area (Å²) >= 11 is 0. The smallest absolute Gasteiger partial charge is 0.243 e. The minimum absolute atomic E-state index is 0.0525. The van der Waals surface area contributed by atoms with E-state index in [-0.39, 0.29) is 31.1 Å². The average Bonchev–Trinajstić information content (AvgIpc) is 3.85. The maximum Gasteiger partial charge on any atom is 0.243 e. The van der Waals surface area contributed by atoms with Crippen molar-refractivity contribution in [3.63, 3.8) is 0 Å². The molecule has 8 rings (SSSR count). The molecule has 0 spiro atoms. The van der Waals surface area contributed by atoms with Gasteiger partial charge in [0.05, 0.1) is 49.1 Å². The third-order valence-electron chi connectivity index (χ3n) is 14.3. The number of carbonyl (C=O) groups is 2. The van der Waals surface area contributed by atoms with Gasteiger partial charge in [0, 0.05) is 38.0 Å². The Labute approximate surface area is 407 Å². The lowest BCUT2D eigenvalue weighted by molar-refractivity contribution is -0.132. The van der Waals surface area contributed by atoms with Crippen molar-refractivity contribution in [3.05, 3.63) is 174 Å². The monoisotopic (exact) mass is 953 g/mol. The highest BCUT2D eigenvalue weighted by Gasteiger charge is 2.40. The summed E-state index contributed by atoms with van der Waals surface area (Å²) in [6.07, 6.45) is 6.86. The van der Waals surface area contributed by atoms with Gasteiger partial charge in [-0.15, -0.1) is 0 Å². The molecule has 1 unspecified atom stereocenters. The first-order chi connectivity index (χ1) is 33.5. The van der Waals surface area contributed by atoms with E-state index in [1.807, 2.05) is 108 Å². The zero-order valence-electron chi connectivity index (χ0n) is 39.6. The summed E-state index contributed by atoms with van der Waals surface area (Å²) in [6.45, 7) is 4.10. The van der Waals surface area contributed by atoms with Crippen LogP contribution < -0.4 is 10.6 Å². The van der Waals surface area contributed by atoms with Gasteiger partial charge in [0.25, 0.3) is 0 Å². The largest absolute Gasteiger partial charge is 0.389 e. The van der Waals surface area contributed by atoms with E-state index in [0.29, 0.717) is 38.4 Å². The molecule has 5 aromatic carbocycles. The van der Waals surface area contributed by atoms with Gasteiger partial charge in [-0.25, -0.2) is 13.4 Å². The molecule has 0 bridgehead atoms. The first-order valence-corrected chi connectivity index (χ1v) is 26.5. The highest BCUT2D eigenvalue weighted by Crippen LogP contribution is 2.41. The zero-order chi connectivity index (χ0) is 48.2. The lowest BCUT2D eigenvalue weighted by atomic mass is 9.77. The molecule has 1 aromatic heterocycles. The van der Waals surface area contributed by atoms with Crippen LogP contribution in [0.2, 0.25) is 0 Å². The molecule has 12 nitrogen and oxygen atoms in total. The van der Waals surface area contributed by atoms with Gasteiger partial charge in [-0.3, -0.25) is 14.5 Å². The second-order valence-corrected chi connectivity index (χ2v) is 21.3. The standard InChI is InChI=1S/C56H67N5O7S/c1-2-69(66,67)39-44(35-43-22-17-21-42-20-15-16-29-49(42)43)54(64)59-51(55(65)58-50(34-41-18-7-3-8-19-41)53(63)52(62)38-60-30-32-68-33-31-60)36-48-37-61(40-57-48)56(45-23-9-4-10-24-45,46-25-11-5-12-26-46)47-27-13-6-14-28-47/h4-6,9-17,20-29,37,40-41,44,50-53,62-63H,2-3,7-8,18-19,30-36,38-39H2,1H3,(H,58,65)(H,59,64)/t44?,50-,51-,52-,53+/m0/s1. The van der Waals surface area contributed by atoms with Gasteiger partial charge in [-0.05, 0) is 51.8 Å². The van der Waals surface area contributed by atoms with E-state index in [9.17, 15) is 23.4 Å². The fourth-order valence-corrected chi connectivity index (χ4v) is 11.6. The molecule has 2 fully saturated rings. The first-order valence-electron chi connectivity index (χ1n) is 24.7. The van der Waals surface area contributed by atoms with E-state index in [4.69, 9.17) is 9.72 Å². The highest BCUT2D eigenvalue weighted by molar-refractivity contribution is 7.91. The molecule has 2 heterocycles. The van der Waals surface area contributed by atoms with Crippen LogP contribution >= 0.6 is 0 Å². The van der Waals surface area contributed by atoms with Gasteiger partial charge in [-0.2, -0.15) is 0 Å². The lowest BCUT2D eigenvalue weighted by Crippen LogP contribution is -2.58. The van der Waals surface area contributed by atoms with Crippen LogP contribution in [-0.2, 0) is 42.5 Å². The molecule has 5 atom stereocenters. The van der Waals surface area contributed by atoms with Crippen LogP contribution in [0, 0.1) is 11.8 Å². The minimum Gasteiger partial charge on any atom is -0.389 e. The number of aromatic nitrogens is 2. The second kappa shape index (κ2) is 23.3. The predicted molar refractivity (Wildman–Crippen MR) is 270 cm³/mol. The van der Waals surface area contributed by atoms with E-state index in [2.05, 4.69) is 51.9 Å². The Hall–Kier alpha value is -5.70. The SMILES string of the molecule is CCS(=O)(=O)CC(Cc1cccc2ccccc12)C(=O)N[C@@H](Cc1cn(C(c2ccccc2)(c2ccccc2)c2ccccc2)cn1)C(=O)N[C@@H](CC1CCCCC1)[C@@H](O)[C@@H](O)CN1CCOCC1. The Kier molecular flexibility index (Phi) is 16.8. The number of rotatable bonds is 21. The molecule has 6 aromatic rings. The zero-order valence-corrected chi connectivity index (χ0v) is 40.4. The Morgan fingerprint density at radius 2 is 1.35 bits per heavy atom. The quantitative estimate of drug-likeness (QED) is 0.0575. The Bertz CT molecular complexity index is 2590. The number of hydrogen-bond donors (Lipinski definition) is 4.